The molecule has 2 unspecified atom stereocenters. The first-order valence-electron chi connectivity index (χ1n) is 5.93. The van der Waals surface area contributed by atoms with E-state index in [-0.39, 0.29) is 24.4 Å². The van der Waals surface area contributed by atoms with Crippen molar-refractivity contribution in [2.45, 2.75) is 24.3 Å². The molecule has 0 bridgehead atoms. The summed E-state index contributed by atoms with van der Waals surface area (Å²) >= 11 is 3.29. The van der Waals surface area contributed by atoms with E-state index < -0.39 is 10.0 Å². The van der Waals surface area contributed by atoms with E-state index in [9.17, 15) is 8.42 Å². The number of hydrogen-bond donors (Lipinski definition) is 1. The molecule has 108 valence electrons. The molecule has 0 saturated carbocycles. The molecule has 0 radical (unpaired) electrons. The van der Waals surface area contributed by atoms with Gasteiger partial charge in [0.2, 0.25) is 10.0 Å². The van der Waals surface area contributed by atoms with Gasteiger partial charge in [0.1, 0.15) is 0 Å². The van der Waals surface area contributed by atoms with E-state index in [0.717, 1.165) is 6.42 Å². The van der Waals surface area contributed by atoms with Gasteiger partial charge in [0.05, 0.1) is 4.90 Å². The van der Waals surface area contributed by atoms with Crippen LogP contribution in [0.2, 0.25) is 0 Å². The summed E-state index contributed by atoms with van der Waals surface area (Å²) in [6, 6.07) is 6.93. The lowest BCUT2D eigenvalue weighted by Gasteiger charge is -2.18. The molecular weight excluding hydrogens is 352 g/mol. The van der Waals surface area contributed by atoms with Gasteiger partial charge in [-0.1, -0.05) is 12.1 Å². The van der Waals surface area contributed by atoms with Crippen molar-refractivity contribution in [3.05, 3.63) is 28.7 Å². The smallest absolute Gasteiger partial charge is 0.244 e. The minimum Gasteiger partial charge on any atom is -0.328 e. The molecule has 7 heteroatoms. The normalized spacial score (nSPS) is 21.9. The first-order chi connectivity index (χ1) is 8.43. The van der Waals surface area contributed by atoms with Gasteiger partial charge < -0.3 is 5.73 Å². The van der Waals surface area contributed by atoms with Crippen LogP contribution in [0.25, 0.3) is 0 Å². The Bertz CT molecular complexity index is 536. The van der Waals surface area contributed by atoms with Crippen LogP contribution in [0.4, 0.5) is 0 Å². The van der Waals surface area contributed by atoms with Gasteiger partial charge in [0, 0.05) is 23.6 Å². The molecule has 1 aromatic carbocycles. The largest absolute Gasteiger partial charge is 0.328 e. The fraction of sp³-hybridized carbons (Fsp3) is 0.500. The van der Waals surface area contributed by atoms with Gasteiger partial charge in [0.25, 0.3) is 0 Å². The fourth-order valence-electron chi connectivity index (χ4n) is 2.19. The average molecular weight is 370 g/mol. The van der Waals surface area contributed by atoms with Gasteiger partial charge in [-0.15, -0.1) is 12.4 Å². The minimum atomic E-state index is -3.40. The second kappa shape index (κ2) is 6.54. The van der Waals surface area contributed by atoms with Crippen LogP contribution in [0.15, 0.2) is 33.6 Å². The molecule has 0 spiro atoms. The Balaban J connectivity index is 0.00000180. The monoisotopic (exact) mass is 368 g/mol. The van der Waals surface area contributed by atoms with Crippen molar-refractivity contribution in [3.8, 4) is 0 Å². The van der Waals surface area contributed by atoms with Crippen LogP contribution >= 0.6 is 28.3 Å². The van der Waals surface area contributed by atoms with Gasteiger partial charge in [0.15, 0.2) is 0 Å². The molecule has 1 heterocycles. The molecule has 1 saturated heterocycles. The second-order valence-electron chi connectivity index (χ2n) is 4.70. The second-order valence-corrected chi connectivity index (χ2v) is 7.46. The van der Waals surface area contributed by atoms with E-state index in [1.807, 2.05) is 6.92 Å². The van der Waals surface area contributed by atoms with Crippen molar-refractivity contribution in [1.29, 1.82) is 0 Å². The molecule has 2 rings (SSSR count). The van der Waals surface area contributed by atoms with Crippen LogP contribution in [-0.2, 0) is 10.0 Å². The van der Waals surface area contributed by atoms with Crippen molar-refractivity contribution in [1.82, 2.24) is 4.31 Å². The standard InChI is InChI=1S/C12H17BrN2O2S.ClH/c1-9(14)10-6-7-15(8-10)18(16,17)12-5-3-2-4-11(12)13;/h2-5,9-10H,6-8,14H2,1H3;1H. The van der Waals surface area contributed by atoms with Crippen LogP contribution in [0, 0.1) is 5.92 Å². The molecule has 0 aromatic heterocycles. The molecule has 1 aliphatic heterocycles. The Kier molecular flexibility index (Phi) is 5.82. The summed E-state index contributed by atoms with van der Waals surface area (Å²) in [5.41, 5.74) is 5.84. The zero-order valence-electron chi connectivity index (χ0n) is 10.6. The predicted octanol–water partition coefficient (Wildman–Crippen LogP) is 2.23. The van der Waals surface area contributed by atoms with E-state index in [0.29, 0.717) is 22.5 Å². The van der Waals surface area contributed by atoms with Crippen molar-refractivity contribution < 1.29 is 8.42 Å². The Labute approximate surface area is 128 Å². The minimum absolute atomic E-state index is 0. The maximum atomic E-state index is 12.5. The Morgan fingerprint density at radius 3 is 2.58 bits per heavy atom. The summed E-state index contributed by atoms with van der Waals surface area (Å²) in [6.07, 6.45) is 0.835. The first kappa shape index (κ1) is 16.9. The molecule has 0 amide bonds. The summed E-state index contributed by atoms with van der Waals surface area (Å²) in [6.45, 7) is 3.00. The SMILES string of the molecule is CC(N)C1CCN(S(=O)(=O)c2ccccc2Br)C1.Cl. The molecule has 19 heavy (non-hydrogen) atoms. The maximum Gasteiger partial charge on any atom is 0.244 e. The van der Waals surface area contributed by atoms with E-state index in [4.69, 9.17) is 5.73 Å². The average Bonchev–Trinajstić information content (AvgIpc) is 2.79. The third-order valence-electron chi connectivity index (χ3n) is 3.39. The van der Waals surface area contributed by atoms with Crippen LogP contribution < -0.4 is 5.73 Å². The zero-order chi connectivity index (χ0) is 13.3. The van der Waals surface area contributed by atoms with E-state index in [2.05, 4.69) is 15.9 Å². The van der Waals surface area contributed by atoms with Crippen molar-refractivity contribution in [3.63, 3.8) is 0 Å². The van der Waals surface area contributed by atoms with E-state index in [1.54, 1.807) is 24.3 Å². The van der Waals surface area contributed by atoms with E-state index in [1.165, 1.54) is 4.31 Å². The summed E-state index contributed by atoms with van der Waals surface area (Å²) in [5, 5.41) is 0. The number of halogens is 2. The molecule has 4 nitrogen and oxygen atoms in total. The molecular formula is C12H18BrClN2O2S. The number of nitrogens with zero attached hydrogens (tertiary/aromatic N) is 1. The molecule has 0 aliphatic carbocycles. The lowest BCUT2D eigenvalue weighted by atomic mass is 10.0. The highest BCUT2D eigenvalue weighted by molar-refractivity contribution is 9.10. The lowest BCUT2D eigenvalue weighted by Crippen LogP contribution is -2.33. The van der Waals surface area contributed by atoms with Gasteiger partial charge in [-0.05, 0) is 47.3 Å². The van der Waals surface area contributed by atoms with Crippen molar-refractivity contribution in [2.75, 3.05) is 13.1 Å². The van der Waals surface area contributed by atoms with Crippen LogP contribution in [0.5, 0.6) is 0 Å². The fourth-order valence-corrected chi connectivity index (χ4v) is 4.67. The highest BCUT2D eigenvalue weighted by atomic mass is 79.9. The molecule has 1 fully saturated rings. The van der Waals surface area contributed by atoms with Crippen molar-refractivity contribution in [2.24, 2.45) is 11.7 Å². The van der Waals surface area contributed by atoms with Gasteiger partial charge in [-0.3, -0.25) is 0 Å². The third kappa shape index (κ3) is 3.49. The van der Waals surface area contributed by atoms with Gasteiger partial charge in [-0.25, -0.2) is 8.42 Å². The van der Waals surface area contributed by atoms with Crippen LogP contribution in [0.1, 0.15) is 13.3 Å². The maximum absolute atomic E-state index is 12.5. The van der Waals surface area contributed by atoms with Gasteiger partial charge >= 0.3 is 0 Å². The number of nitrogens with two attached hydrogens (primary N) is 1. The molecule has 2 atom stereocenters. The van der Waals surface area contributed by atoms with Gasteiger partial charge in [-0.2, -0.15) is 4.31 Å². The molecule has 1 aromatic rings. The zero-order valence-corrected chi connectivity index (χ0v) is 13.8. The molecule has 2 N–H and O–H groups in total. The van der Waals surface area contributed by atoms with Crippen LogP contribution in [0.3, 0.4) is 0 Å². The quantitative estimate of drug-likeness (QED) is 0.888. The Hall–Kier alpha value is -0.140. The number of hydrogen-bond acceptors (Lipinski definition) is 3. The summed E-state index contributed by atoms with van der Waals surface area (Å²) < 4.78 is 27.1. The summed E-state index contributed by atoms with van der Waals surface area (Å²) in [5.74, 6) is 0.252. The first-order valence-corrected chi connectivity index (χ1v) is 8.16. The topological polar surface area (TPSA) is 63.4 Å². The summed E-state index contributed by atoms with van der Waals surface area (Å²) in [4.78, 5) is 0.329. The molecule has 1 aliphatic rings. The summed E-state index contributed by atoms with van der Waals surface area (Å²) in [7, 11) is -3.40. The number of rotatable bonds is 3. The van der Waals surface area contributed by atoms with Crippen molar-refractivity contribution >= 4 is 38.4 Å². The predicted molar refractivity (Wildman–Crippen MR) is 81.9 cm³/mol. The number of sulfonamides is 1. The Morgan fingerprint density at radius 2 is 2.05 bits per heavy atom. The highest BCUT2D eigenvalue weighted by Gasteiger charge is 2.34. The third-order valence-corrected chi connectivity index (χ3v) is 6.26. The Morgan fingerprint density at radius 1 is 1.42 bits per heavy atom. The highest BCUT2D eigenvalue weighted by Crippen LogP contribution is 2.29. The van der Waals surface area contributed by atoms with E-state index >= 15 is 0 Å². The van der Waals surface area contributed by atoms with Crippen LogP contribution in [-0.4, -0.2) is 31.9 Å². The number of benzene rings is 1. The lowest BCUT2D eigenvalue weighted by molar-refractivity contribution is 0.429.